The molecular formula is C14H10O4. The third-order valence-electron chi connectivity index (χ3n) is 2.69. The van der Waals surface area contributed by atoms with Gasteiger partial charge in [0, 0.05) is 11.1 Å². The molecular weight excluding hydrogens is 232 g/mol. The molecule has 0 saturated carbocycles. The van der Waals surface area contributed by atoms with Crippen molar-refractivity contribution in [3.8, 4) is 0 Å². The third-order valence-corrected chi connectivity index (χ3v) is 2.69. The Balaban J connectivity index is 2.11. The average Bonchev–Trinajstić information content (AvgIpc) is 3.06. The molecule has 0 heterocycles. The molecule has 2 aliphatic carbocycles. The zero-order chi connectivity index (χ0) is 13.1. The molecule has 0 amide bonds. The molecule has 0 aromatic rings. The summed E-state index contributed by atoms with van der Waals surface area (Å²) in [4.78, 5) is 46.4. The van der Waals surface area contributed by atoms with Gasteiger partial charge in [-0.05, 0) is 12.8 Å². The molecule has 2 aliphatic rings. The molecule has 0 fully saturated rings. The Labute approximate surface area is 103 Å². The van der Waals surface area contributed by atoms with Crippen molar-refractivity contribution in [3.63, 3.8) is 0 Å². The normalized spacial score (nSPS) is 16.4. The maximum Gasteiger partial charge on any atom is 0.277 e. The maximum absolute atomic E-state index is 11.6. The number of Topliss-reactive ketones (excluding diaryl/α,β-unsaturated/α-hetero) is 4. The topological polar surface area (TPSA) is 68.3 Å². The first-order valence-electron chi connectivity index (χ1n) is 5.52. The molecule has 0 atom stereocenters. The van der Waals surface area contributed by atoms with Crippen molar-refractivity contribution < 1.29 is 19.2 Å². The van der Waals surface area contributed by atoms with Crippen LogP contribution in [-0.4, -0.2) is 23.1 Å². The molecule has 0 saturated heterocycles. The lowest BCUT2D eigenvalue weighted by molar-refractivity contribution is -0.146. The quantitative estimate of drug-likeness (QED) is 0.533. The highest BCUT2D eigenvalue weighted by Crippen LogP contribution is 2.13. The molecule has 0 N–H and O–H groups in total. The van der Waals surface area contributed by atoms with Crippen molar-refractivity contribution in [2.24, 2.45) is 0 Å². The zero-order valence-corrected chi connectivity index (χ0v) is 9.51. The number of allylic oxidation sites excluding steroid dienone is 8. The second-order valence-electron chi connectivity index (χ2n) is 3.91. The number of carbonyl (C=O) groups excluding carboxylic acids is 4. The van der Waals surface area contributed by atoms with Gasteiger partial charge in [0.15, 0.2) is 0 Å². The van der Waals surface area contributed by atoms with Gasteiger partial charge in [0.1, 0.15) is 0 Å². The summed E-state index contributed by atoms with van der Waals surface area (Å²) in [6.45, 7) is 0. The minimum absolute atomic E-state index is 0.178. The molecule has 0 unspecified atom stereocenters. The van der Waals surface area contributed by atoms with Crippen LogP contribution in [0.4, 0.5) is 0 Å². The van der Waals surface area contributed by atoms with Crippen molar-refractivity contribution in [1.82, 2.24) is 0 Å². The van der Waals surface area contributed by atoms with Gasteiger partial charge in [-0.1, -0.05) is 36.5 Å². The molecule has 0 aromatic heterocycles. The first kappa shape index (κ1) is 12.1. The lowest BCUT2D eigenvalue weighted by Crippen LogP contribution is -2.31. The third kappa shape index (κ3) is 2.18. The van der Waals surface area contributed by atoms with Crippen LogP contribution in [0.2, 0.25) is 0 Å². The second-order valence-corrected chi connectivity index (χ2v) is 3.91. The predicted molar refractivity (Wildman–Crippen MR) is 63.7 cm³/mol. The summed E-state index contributed by atoms with van der Waals surface area (Å²) < 4.78 is 0. The Kier molecular flexibility index (Phi) is 3.28. The van der Waals surface area contributed by atoms with Crippen molar-refractivity contribution in [2.45, 2.75) is 12.8 Å². The fraction of sp³-hybridized carbons (Fsp3) is 0.143. The average molecular weight is 242 g/mol. The van der Waals surface area contributed by atoms with Gasteiger partial charge in [0.2, 0.25) is 11.6 Å². The van der Waals surface area contributed by atoms with E-state index >= 15 is 0 Å². The highest BCUT2D eigenvalue weighted by Gasteiger charge is 2.31. The van der Waals surface area contributed by atoms with Crippen LogP contribution >= 0.6 is 0 Å². The van der Waals surface area contributed by atoms with Crippen LogP contribution in [-0.2, 0) is 19.2 Å². The van der Waals surface area contributed by atoms with Crippen molar-refractivity contribution in [2.75, 3.05) is 0 Å². The van der Waals surface area contributed by atoms with Crippen LogP contribution in [0.3, 0.4) is 0 Å². The SMILES string of the molecule is O=C(C(=O)C(=O)C1=CCC=C1)C(=O)C1=CCC=C1. The fourth-order valence-electron chi connectivity index (χ4n) is 1.72. The Morgan fingerprint density at radius 1 is 0.722 bits per heavy atom. The molecule has 0 bridgehead atoms. The summed E-state index contributed by atoms with van der Waals surface area (Å²) in [7, 11) is 0. The standard InChI is InChI=1S/C14H10O4/c15-11(9-5-1-2-6-9)13(17)14(18)12(16)10-7-3-4-8-10/h1,3,5-8H,2,4H2. The maximum atomic E-state index is 11.6. The Hall–Kier alpha value is -2.36. The second kappa shape index (κ2) is 4.87. The van der Waals surface area contributed by atoms with E-state index in [9.17, 15) is 19.2 Å². The smallest absolute Gasteiger partial charge is 0.277 e. The number of carbonyl (C=O) groups is 4. The van der Waals surface area contributed by atoms with Gasteiger partial charge in [-0.3, -0.25) is 19.2 Å². The molecule has 4 nitrogen and oxygen atoms in total. The van der Waals surface area contributed by atoms with Gasteiger partial charge in [-0.15, -0.1) is 0 Å². The van der Waals surface area contributed by atoms with Crippen LogP contribution in [0.25, 0.3) is 0 Å². The van der Waals surface area contributed by atoms with E-state index in [1.165, 1.54) is 12.2 Å². The molecule has 2 rings (SSSR count). The van der Waals surface area contributed by atoms with Gasteiger partial charge >= 0.3 is 0 Å². The van der Waals surface area contributed by atoms with E-state index < -0.39 is 23.1 Å². The van der Waals surface area contributed by atoms with Crippen LogP contribution in [0.15, 0.2) is 47.6 Å². The summed E-state index contributed by atoms with van der Waals surface area (Å²) >= 11 is 0. The van der Waals surface area contributed by atoms with Gasteiger partial charge in [-0.25, -0.2) is 0 Å². The van der Waals surface area contributed by atoms with Gasteiger partial charge in [-0.2, -0.15) is 0 Å². The molecule has 4 heteroatoms. The van der Waals surface area contributed by atoms with Crippen molar-refractivity contribution in [3.05, 3.63) is 47.6 Å². The summed E-state index contributed by atoms with van der Waals surface area (Å²) in [5.74, 6) is -4.35. The van der Waals surface area contributed by atoms with Gasteiger partial charge in [0.05, 0.1) is 0 Å². The molecule has 0 aliphatic heterocycles. The van der Waals surface area contributed by atoms with E-state index in [1.54, 1.807) is 24.3 Å². The van der Waals surface area contributed by atoms with Crippen LogP contribution in [0.5, 0.6) is 0 Å². The van der Waals surface area contributed by atoms with E-state index in [0.29, 0.717) is 12.8 Å². The Morgan fingerprint density at radius 2 is 1.11 bits per heavy atom. The first-order valence-corrected chi connectivity index (χ1v) is 5.52. The van der Waals surface area contributed by atoms with E-state index in [1.807, 2.05) is 0 Å². The lowest BCUT2D eigenvalue weighted by Gasteiger charge is -1.98. The molecule has 0 aromatic carbocycles. The summed E-state index contributed by atoms with van der Waals surface area (Å²) in [5.41, 5.74) is 0.356. The minimum Gasteiger partial charge on any atom is -0.285 e. The summed E-state index contributed by atoms with van der Waals surface area (Å²) in [5, 5.41) is 0. The molecule has 0 radical (unpaired) electrons. The predicted octanol–water partition coefficient (Wildman–Crippen LogP) is 1.04. The number of hydrogen-bond acceptors (Lipinski definition) is 4. The van der Waals surface area contributed by atoms with Crippen LogP contribution in [0.1, 0.15) is 12.8 Å². The van der Waals surface area contributed by atoms with E-state index in [0.717, 1.165) is 0 Å². The van der Waals surface area contributed by atoms with Gasteiger partial charge < -0.3 is 0 Å². The number of ketones is 4. The van der Waals surface area contributed by atoms with Crippen LogP contribution < -0.4 is 0 Å². The fourth-order valence-corrected chi connectivity index (χ4v) is 1.72. The van der Waals surface area contributed by atoms with E-state index in [4.69, 9.17) is 0 Å². The monoisotopic (exact) mass is 242 g/mol. The number of rotatable bonds is 5. The Bertz CT molecular complexity index is 519. The number of hydrogen-bond donors (Lipinski definition) is 0. The lowest BCUT2D eigenvalue weighted by atomic mass is 10.00. The highest BCUT2D eigenvalue weighted by molar-refractivity contribution is 6.81. The van der Waals surface area contributed by atoms with Gasteiger partial charge in [0.25, 0.3) is 11.6 Å². The van der Waals surface area contributed by atoms with Crippen molar-refractivity contribution in [1.29, 1.82) is 0 Å². The van der Waals surface area contributed by atoms with E-state index in [-0.39, 0.29) is 11.1 Å². The first-order chi connectivity index (χ1) is 8.61. The largest absolute Gasteiger partial charge is 0.285 e. The summed E-state index contributed by atoms with van der Waals surface area (Å²) in [6.07, 6.45) is 10.6. The molecule has 0 spiro atoms. The molecule has 18 heavy (non-hydrogen) atoms. The minimum atomic E-state index is -1.26. The van der Waals surface area contributed by atoms with E-state index in [2.05, 4.69) is 0 Å². The Morgan fingerprint density at radius 3 is 1.39 bits per heavy atom. The van der Waals surface area contributed by atoms with Crippen molar-refractivity contribution >= 4 is 23.1 Å². The van der Waals surface area contributed by atoms with Crippen LogP contribution in [0, 0.1) is 0 Å². The highest BCUT2D eigenvalue weighted by atomic mass is 16.2. The zero-order valence-electron chi connectivity index (χ0n) is 9.51. The molecule has 90 valence electrons. The summed E-state index contributed by atoms with van der Waals surface area (Å²) in [6, 6.07) is 0.